The van der Waals surface area contributed by atoms with Crippen molar-refractivity contribution in [2.75, 3.05) is 26.2 Å². The van der Waals surface area contributed by atoms with Crippen molar-refractivity contribution < 1.29 is 26.7 Å². The molecule has 1 fully saturated rings. The molecular formula is C29H34F5N3O. The Kier molecular flexibility index (Phi) is 7.20. The van der Waals surface area contributed by atoms with Crippen molar-refractivity contribution in [1.29, 1.82) is 0 Å². The van der Waals surface area contributed by atoms with Crippen LogP contribution >= 0.6 is 0 Å². The summed E-state index contributed by atoms with van der Waals surface area (Å²) in [6, 6.07) is 2.88. The Morgan fingerprint density at radius 1 is 1.03 bits per heavy atom. The highest BCUT2D eigenvalue weighted by molar-refractivity contribution is 5.86. The van der Waals surface area contributed by atoms with Gasteiger partial charge in [-0.25, -0.2) is 22.0 Å². The van der Waals surface area contributed by atoms with Crippen molar-refractivity contribution in [3.05, 3.63) is 64.4 Å². The predicted molar refractivity (Wildman–Crippen MR) is 137 cm³/mol. The Labute approximate surface area is 219 Å². The van der Waals surface area contributed by atoms with Gasteiger partial charge in [0, 0.05) is 60.5 Å². The molecule has 206 valence electrons. The molecule has 3 heterocycles. The third-order valence-electron chi connectivity index (χ3n) is 7.57. The highest BCUT2D eigenvalue weighted by Gasteiger charge is 2.41. The first-order valence-electron chi connectivity index (χ1n) is 13.3. The second kappa shape index (κ2) is 10.2. The molecular weight excluding hydrogens is 501 g/mol. The lowest BCUT2D eigenvalue weighted by molar-refractivity contribution is 0.0188. The number of unbranched alkanes of at least 4 members (excludes halogenated alkanes) is 1. The molecule has 0 unspecified atom stereocenters. The van der Waals surface area contributed by atoms with Gasteiger partial charge in [-0.3, -0.25) is 9.80 Å². The molecule has 0 saturated carbocycles. The molecule has 3 aromatic rings. The van der Waals surface area contributed by atoms with Gasteiger partial charge in [0.1, 0.15) is 40.8 Å². The number of benzene rings is 2. The van der Waals surface area contributed by atoms with Crippen molar-refractivity contribution in [2.45, 2.75) is 70.8 Å². The molecule has 2 aliphatic heterocycles. The minimum absolute atomic E-state index is 0.0633. The molecule has 2 aliphatic rings. The van der Waals surface area contributed by atoms with Gasteiger partial charge in [-0.1, -0.05) is 13.3 Å². The zero-order valence-electron chi connectivity index (χ0n) is 22.2. The maximum Gasteiger partial charge on any atom is 0.150 e. The minimum Gasteiger partial charge on any atom is -0.488 e. The smallest absolute Gasteiger partial charge is 0.150 e. The lowest BCUT2D eigenvalue weighted by Crippen LogP contribution is -2.53. The second-order valence-corrected chi connectivity index (χ2v) is 11.3. The number of nitrogens with one attached hydrogen (secondary N) is 1. The van der Waals surface area contributed by atoms with Crippen molar-refractivity contribution in [3.8, 4) is 5.75 Å². The van der Waals surface area contributed by atoms with E-state index in [0.717, 1.165) is 37.6 Å². The van der Waals surface area contributed by atoms with Crippen LogP contribution in [0, 0.1) is 23.3 Å². The molecule has 0 spiro atoms. The van der Waals surface area contributed by atoms with Crippen LogP contribution in [0.5, 0.6) is 5.75 Å². The molecule has 38 heavy (non-hydrogen) atoms. The standard InChI is InChI=1S/C29H34F5N3O/c1-5-6-7-36-13-19(14-36)38-18-11-22(31)25(23(32)12-18)28-27-20(8-16(2)37(28)15-29(3,4)34)21-9-17(30)10-24(33)26(21)35-27/h9-12,16,19,28,35H,5-8,13-15H2,1-4H3/t16-,28-/m1/s1. The van der Waals surface area contributed by atoms with Gasteiger partial charge in [0.25, 0.3) is 0 Å². The van der Waals surface area contributed by atoms with Gasteiger partial charge in [-0.15, -0.1) is 0 Å². The molecule has 0 amide bonds. The minimum atomic E-state index is -1.67. The van der Waals surface area contributed by atoms with E-state index in [1.807, 2.05) is 6.92 Å². The quantitative estimate of drug-likeness (QED) is 0.327. The topological polar surface area (TPSA) is 31.5 Å². The fraction of sp³-hybridized carbons (Fsp3) is 0.517. The number of aromatic nitrogens is 1. The molecule has 1 saturated heterocycles. The van der Waals surface area contributed by atoms with Crippen LogP contribution in [-0.2, 0) is 6.42 Å². The van der Waals surface area contributed by atoms with Gasteiger partial charge >= 0.3 is 0 Å². The van der Waals surface area contributed by atoms with Crippen LogP contribution in [0.25, 0.3) is 10.9 Å². The number of halogens is 5. The summed E-state index contributed by atoms with van der Waals surface area (Å²) < 4.78 is 81.0. The second-order valence-electron chi connectivity index (χ2n) is 11.3. The molecule has 0 aliphatic carbocycles. The molecule has 0 radical (unpaired) electrons. The summed E-state index contributed by atoms with van der Waals surface area (Å²) in [5.74, 6) is -3.11. The van der Waals surface area contributed by atoms with Crippen LogP contribution in [0.2, 0.25) is 0 Å². The third kappa shape index (κ3) is 5.15. The number of ether oxygens (including phenoxy) is 1. The van der Waals surface area contributed by atoms with E-state index in [1.165, 1.54) is 19.9 Å². The average molecular weight is 536 g/mol. The predicted octanol–water partition coefficient (Wildman–Crippen LogP) is 6.67. The van der Waals surface area contributed by atoms with Crippen LogP contribution in [0.1, 0.15) is 63.4 Å². The van der Waals surface area contributed by atoms with Gasteiger partial charge in [0.15, 0.2) is 0 Å². The normalized spacial score (nSPS) is 21.1. The summed E-state index contributed by atoms with van der Waals surface area (Å²) in [5, 5.41) is 0.326. The lowest BCUT2D eigenvalue weighted by Gasteiger charge is -2.43. The van der Waals surface area contributed by atoms with Gasteiger partial charge < -0.3 is 9.72 Å². The van der Waals surface area contributed by atoms with Crippen molar-refractivity contribution in [1.82, 2.24) is 14.8 Å². The number of aromatic amines is 1. The van der Waals surface area contributed by atoms with E-state index in [9.17, 15) is 13.2 Å². The van der Waals surface area contributed by atoms with E-state index in [-0.39, 0.29) is 35.5 Å². The summed E-state index contributed by atoms with van der Waals surface area (Å²) >= 11 is 0. The summed E-state index contributed by atoms with van der Waals surface area (Å²) in [6.07, 6.45) is 2.37. The highest BCUT2D eigenvalue weighted by atomic mass is 19.2. The molecule has 5 rings (SSSR count). The third-order valence-corrected chi connectivity index (χ3v) is 7.57. The molecule has 1 aromatic heterocycles. The summed E-state index contributed by atoms with van der Waals surface area (Å²) in [6.45, 7) is 9.00. The summed E-state index contributed by atoms with van der Waals surface area (Å²) in [7, 11) is 0. The number of alkyl halides is 1. The van der Waals surface area contributed by atoms with Gasteiger partial charge in [-0.05, 0) is 51.8 Å². The largest absolute Gasteiger partial charge is 0.488 e. The Hall–Kier alpha value is -2.65. The SMILES string of the molecule is CCCCN1CC(Oc2cc(F)c([C@@H]3c4[nH]c5c(F)cc(F)cc5c4C[C@@H](C)N3CC(C)(C)F)c(F)c2)C1. The van der Waals surface area contributed by atoms with Crippen molar-refractivity contribution in [2.24, 2.45) is 0 Å². The number of nitrogens with zero attached hydrogens (tertiary/aromatic N) is 2. The van der Waals surface area contributed by atoms with E-state index in [0.29, 0.717) is 36.2 Å². The molecule has 2 atom stereocenters. The Morgan fingerprint density at radius 3 is 2.34 bits per heavy atom. The number of fused-ring (bicyclic) bond motifs is 3. The fourth-order valence-electron chi connectivity index (χ4n) is 5.82. The zero-order chi connectivity index (χ0) is 27.4. The molecule has 4 nitrogen and oxygen atoms in total. The maximum atomic E-state index is 15.7. The van der Waals surface area contributed by atoms with Crippen LogP contribution in [0.15, 0.2) is 24.3 Å². The molecule has 0 bridgehead atoms. The molecule has 2 aromatic carbocycles. The first kappa shape index (κ1) is 26.9. The van der Waals surface area contributed by atoms with Crippen LogP contribution < -0.4 is 4.74 Å². The molecule has 1 N–H and O–H groups in total. The summed E-state index contributed by atoms with van der Waals surface area (Å²) in [5.41, 5.74) is -0.973. The van der Waals surface area contributed by atoms with Crippen molar-refractivity contribution >= 4 is 10.9 Å². The average Bonchev–Trinajstić information content (AvgIpc) is 3.14. The number of hydrogen-bond acceptors (Lipinski definition) is 3. The van der Waals surface area contributed by atoms with E-state index in [1.54, 1.807) is 4.90 Å². The monoisotopic (exact) mass is 535 g/mol. The Bertz CT molecular complexity index is 1300. The number of likely N-dealkylation sites (tertiary alicyclic amines) is 1. The van der Waals surface area contributed by atoms with E-state index < -0.39 is 35.0 Å². The Morgan fingerprint density at radius 2 is 1.71 bits per heavy atom. The summed E-state index contributed by atoms with van der Waals surface area (Å²) in [4.78, 5) is 6.88. The van der Waals surface area contributed by atoms with Gasteiger partial charge in [0.2, 0.25) is 0 Å². The van der Waals surface area contributed by atoms with Crippen LogP contribution in [0.3, 0.4) is 0 Å². The van der Waals surface area contributed by atoms with Gasteiger partial charge in [-0.2, -0.15) is 0 Å². The number of H-pyrrole nitrogens is 1. The van der Waals surface area contributed by atoms with Gasteiger partial charge in [0.05, 0.1) is 11.6 Å². The van der Waals surface area contributed by atoms with Crippen LogP contribution in [0.4, 0.5) is 22.0 Å². The number of rotatable bonds is 8. The lowest BCUT2D eigenvalue weighted by atomic mass is 9.87. The first-order chi connectivity index (χ1) is 17.9. The van der Waals surface area contributed by atoms with E-state index in [2.05, 4.69) is 16.8 Å². The number of hydrogen-bond donors (Lipinski definition) is 1. The molecule has 9 heteroatoms. The first-order valence-corrected chi connectivity index (χ1v) is 13.3. The van der Waals surface area contributed by atoms with E-state index >= 15 is 8.78 Å². The zero-order valence-corrected chi connectivity index (χ0v) is 22.2. The Balaban J connectivity index is 1.54. The van der Waals surface area contributed by atoms with Crippen LogP contribution in [-0.4, -0.2) is 58.8 Å². The fourth-order valence-corrected chi connectivity index (χ4v) is 5.82. The maximum absolute atomic E-state index is 15.7. The highest BCUT2D eigenvalue weighted by Crippen LogP contribution is 2.44. The van der Waals surface area contributed by atoms with Crippen molar-refractivity contribution in [3.63, 3.8) is 0 Å². The van der Waals surface area contributed by atoms with E-state index in [4.69, 9.17) is 4.74 Å².